The third kappa shape index (κ3) is 9.10. The van der Waals surface area contributed by atoms with Crippen molar-refractivity contribution >= 4 is 11.6 Å². The maximum atomic E-state index is 6.89. The summed E-state index contributed by atoms with van der Waals surface area (Å²) in [5.41, 5.74) is -0.275. The van der Waals surface area contributed by atoms with Gasteiger partial charge in [0.1, 0.15) is 11.4 Å². The van der Waals surface area contributed by atoms with E-state index in [0.29, 0.717) is 18.1 Å². The molecule has 4 fully saturated rings. The minimum Gasteiger partial charge on any atom is -0.488 e. The number of rotatable bonds is 10. The molecule has 1 atom stereocenters. The molecule has 6 nitrogen and oxygen atoms in total. The first-order chi connectivity index (χ1) is 20.6. The molecule has 43 heavy (non-hydrogen) atoms. The van der Waals surface area contributed by atoms with Crippen molar-refractivity contribution < 1.29 is 4.74 Å². The van der Waals surface area contributed by atoms with E-state index in [-0.39, 0.29) is 5.60 Å². The molecule has 0 N–H and O–H groups in total. The van der Waals surface area contributed by atoms with Crippen LogP contribution < -0.4 is 4.74 Å². The number of likely N-dealkylation sites (tertiary alicyclic amines) is 4. The predicted molar refractivity (Wildman–Crippen MR) is 181 cm³/mol. The molecule has 1 aromatic carbocycles. The second-order valence-corrected chi connectivity index (χ2v) is 15.9. The van der Waals surface area contributed by atoms with Crippen LogP contribution in [0.3, 0.4) is 0 Å². The minimum absolute atomic E-state index is 0.275. The van der Waals surface area contributed by atoms with E-state index < -0.39 is 0 Å². The Bertz CT molecular complexity index is 866. The van der Waals surface area contributed by atoms with Crippen molar-refractivity contribution in [3.8, 4) is 5.75 Å². The Morgan fingerprint density at radius 2 is 1.05 bits per heavy atom. The van der Waals surface area contributed by atoms with Crippen LogP contribution >= 0.6 is 11.6 Å². The number of ether oxygens (including phenoxy) is 1. The molecule has 7 heteroatoms. The number of hydrogen-bond acceptors (Lipinski definition) is 6. The summed E-state index contributed by atoms with van der Waals surface area (Å²) in [5, 5.41) is 0.767. The van der Waals surface area contributed by atoms with Gasteiger partial charge in [0.05, 0.1) is 0 Å². The van der Waals surface area contributed by atoms with E-state index in [1.807, 2.05) is 12.1 Å². The molecule has 1 aromatic rings. The van der Waals surface area contributed by atoms with Crippen molar-refractivity contribution in [1.82, 2.24) is 24.5 Å². The highest BCUT2D eigenvalue weighted by Gasteiger charge is 2.47. The number of hydrogen-bond donors (Lipinski definition) is 0. The van der Waals surface area contributed by atoms with Gasteiger partial charge in [-0.05, 0) is 188 Å². The molecule has 0 bridgehead atoms. The fraction of sp³-hybridized carbons (Fsp3) is 0.833. The van der Waals surface area contributed by atoms with E-state index in [0.717, 1.165) is 34.9 Å². The van der Waals surface area contributed by atoms with Gasteiger partial charge in [0, 0.05) is 29.6 Å². The van der Waals surface area contributed by atoms with Crippen molar-refractivity contribution in [2.75, 3.05) is 80.5 Å². The zero-order valence-corrected chi connectivity index (χ0v) is 29.1. The normalized spacial score (nSPS) is 25.1. The highest BCUT2D eigenvalue weighted by atomic mass is 35.5. The topological polar surface area (TPSA) is 25.4 Å². The molecule has 0 saturated carbocycles. The molecule has 0 aromatic heterocycles. The Balaban J connectivity index is 1.53. The highest BCUT2D eigenvalue weighted by molar-refractivity contribution is 6.30. The van der Waals surface area contributed by atoms with E-state index >= 15 is 0 Å². The summed E-state index contributed by atoms with van der Waals surface area (Å²) in [6.45, 7) is 14.6. The maximum absolute atomic E-state index is 6.89. The summed E-state index contributed by atoms with van der Waals surface area (Å²) < 4.78 is 6.89. The fourth-order valence-electron chi connectivity index (χ4n) is 9.07. The van der Waals surface area contributed by atoms with Crippen LogP contribution in [0.15, 0.2) is 24.3 Å². The van der Waals surface area contributed by atoms with Gasteiger partial charge in [-0.15, -0.1) is 0 Å². The van der Waals surface area contributed by atoms with Crippen LogP contribution in [-0.2, 0) is 0 Å². The molecular weight excluding hydrogens is 554 g/mol. The first-order valence-corrected chi connectivity index (χ1v) is 17.9. The van der Waals surface area contributed by atoms with Gasteiger partial charge in [0.2, 0.25) is 0 Å². The van der Waals surface area contributed by atoms with E-state index in [2.05, 4.69) is 78.7 Å². The average Bonchev–Trinajstić information content (AvgIpc) is 2.98. The lowest BCUT2D eigenvalue weighted by molar-refractivity contribution is -0.0700. The lowest BCUT2D eigenvalue weighted by Crippen LogP contribution is -2.61. The summed E-state index contributed by atoms with van der Waals surface area (Å²) in [5.74, 6) is 3.24. The van der Waals surface area contributed by atoms with Crippen LogP contribution in [0, 0.1) is 17.8 Å². The third-order valence-electron chi connectivity index (χ3n) is 11.6. The molecule has 4 heterocycles. The second-order valence-electron chi connectivity index (χ2n) is 15.5. The zero-order valence-electron chi connectivity index (χ0n) is 28.3. The Hall–Kier alpha value is -0.890. The van der Waals surface area contributed by atoms with Crippen LogP contribution in [0.2, 0.25) is 5.02 Å². The lowest BCUT2D eigenvalue weighted by atomic mass is 9.66. The number of benzene rings is 1. The second kappa shape index (κ2) is 15.1. The molecular formula is C36H62ClN5O. The lowest BCUT2D eigenvalue weighted by Gasteiger charge is -2.55. The van der Waals surface area contributed by atoms with E-state index in [9.17, 15) is 0 Å². The molecule has 4 aliphatic heterocycles. The van der Waals surface area contributed by atoms with E-state index in [1.54, 1.807) is 0 Å². The standard InChI is InChI=1S/C36H62ClN5O/c1-36(2,43-33-9-7-30(37)8-10-33)27-34(35(28-11-19-38(3)20-12-28)29-13-21-39(4)22-14-29)42(31-15-23-40(5)24-16-31)32-17-25-41(6)26-18-32/h7-10,28-29,31-32,34-35H,11-27H2,1-6H3. The van der Waals surface area contributed by atoms with Crippen LogP contribution in [0.5, 0.6) is 5.75 Å². The Labute approximate surface area is 269 Å². The van der Waals surface area contributed by atoms with Gasteiger partial charge in [-0.1, -0.05) is 11.6 Å². The van der Waals surface area contributed by atoms with Crippen LogP contribution in [0.4, 0.5) is 0 Å². The van der Waals surface area contributed by atoms with Gasteiger partial charge < -0.3 is 24.3 Å². The van der Waals surface area contributed by atoms with Crippen LogP contribution in [-0.4, -0.2) is 129 Å². The largest absolute Gasteiger partial charge is 0.488 e. The highest BCUT2D eigenvalue weighted by Crippen LogP contribution is 2.44. The van der Waals surface area contributed by atoms with Gasteiger partial charge in [0.25, 0.3) is 0 Å². The van der Waals surface area contributed by atoms with Crippen molar-refractivity contribution in [2.45, 2.75) is 95.4 Å². The molecule has 0 radical (unpaired) electrons. The SMILES string of the molecule is CN1CCC(C(C2CCN(C)CC2)C(CC(C)(C)Oc2ccc(Cl)cc2)N(C2CCN(C)CC2)C2CCN(C)CC2)CC1. The Morgan fingerprint density at radius 1 is 0.674 bits per heavy atom. The fourth-order valence-corrected chi connectivity index (χ4v) is 9.20. The monoisotopic (exact) mass is 615 g/mol. The van der Waals surface area contributed by atoms with Crippen LogP contribution in [0.1, 0.15) is 71.6 Å². The third-order valence-corrected chi connectivity index (χ3v) is 11.8. The van der Waals surface area contributed by atoms with Gasteiger partial charge in [0.15, 0.2) is 0 Å². The van der Waals surface area contributed by atoms with Crippen LogP contribution in [0.25, 0.3) is 0 Å². The van der Waals surface area contributed by atoms with Gasteiger partial charge >= 0.3 is 0 Å². The van der Waals surface area contributed by atoms with Gasteiger partial charge in [-0.25, -0.2) is 0 Å². The summed E-state index contributed by atoms with van der Waals surface area (Å²) >= 11 is 6.26. The summed E-state index contributed by atoms with van der Waals surface area (Å²) in [6.07, 6.45) is 11.6. The summed E-state index contributed by atoms with van der Waals surface area (Å²) in [7, 11) is 9.28. The zero-order chi connectivity index (χ0) is 30.6. The molecule has 0 spiro atoms. The van der Waals surface area contributed by atoms with Crippen molar-refractivity contribution in [3.05, 3.63) is 29.3 Å². The summed E-state index contributed by atoms with van der Waals surface area (Å²) in [4.78, 5) is 13.4. The maximum Gasteiger partial charge on any atom is 0.120 e. The Kier molecular flexibility index (Phi) is 11.8. The number of halogens is 1. The molecule has 244 valence electrons. The molecule has 4 saturated heterocycles. The van der Waals surface area contributed by atoms with Crippen molar-refractivity contribution in [2.24, 2.45) is 17.8 Å². The first-order valence-electron chi connectivity index (χ1n) is 17.5. The average molecular weight is 616 g/mol. The molecule has 0 amide bonds. The smallest absolute Gasteiger partial charge is 0.120 e. The first kappa shape index (κ1) is 33.5. The van der Waals surface area contributed by atoms with E-state index in [4.69, 9.17) is 16.3 Å². The molecule has 4 aliphatic rings. The Morgan fingerprint density at radius 3 is 1.44 bits per heavy atom. The molecule has 5 rings (SSSR count). The van der Waals surface area contributed by atoms with Gasteiger partial charge in [-0.3, -0.25) is 4.90 Å². The van der Waals surface area contributed by atoms with E-state index in [1.165, 1.54) is 104 Å². The quantitative estimate of drug-likeness (QED) is 0.318. The number of piperidine rings is 4. The summed E-state index contributed by atoms with van der Waals surface area (Å²) in [6, 6.07) is 9.90. The molecule has 0 aliphatic carbocycles. The molecule has 1 unspecified atom stereocenters. The predicted octanol–water partition coefficient (Wildman–Crippen LogP) is 6.05. The van der Waals surface area contributed by atoms with Gasteiger partial charge in [-0.2, -0.15) is 0 Å². The minimum atomic E-state index is -0.275. The number of nitrogens with zero attached hydrogens (tertiary/aromatic N) is 5. The van der Waals surface area contributed by atoms with Crippen molar-refractivity contribution in [1.29, 1.82) is 0 Å². The van der Waals surface area contributed by atoms with Crippen molar-refractivity contribution in [3.63, 3.8) is 0 Å².